The molecule has 0 amide bonds. The Balaban J connectivity index is 1.20. The van der Waals surface area contributed by atoms with Crippen LogP contribution in [0.2, 0.25) is 0 Å². The molecule has 11 rings (SSSR count). The fraction of sp³-hybridized carbons (Fsp3) is 0.0588. The van der Waals surface area contributed by atoms with Crippen LogP contribution in [-0.4, -0.2) is 0 Å². The highest BCUT2D eigenvalue weighted by Crippen LogP contribution is 2.51. The molecule has 0 N–H and O–H groups in total. The van der Waals surface area contributed by atoms with E-state index in [1.165, 1.54) is 33.4 Å². The van der Waals surface area contributed by atoms with Crippen molar-refractivity contribution in [3.8, 4) is 33.4 Å². The quantitative estimate of drug-likeness (QED) is 0.180. The van der Waals surface area contributed by atoms with E-state index in [-0.39, 0.29) is 5.41 Å². The number of rotatable bonds is 5. The molecule has 0 bridgehead atoms. The molecule has 0 fully saturated rings. The third kappa shape index (κ3) is 4.55. The number of hydrogen-bond donors (Lipinski definition) is 0. The summed E-state index contributed by atoms with van der Waals surface area (Å²) in [5.41, 5.74) is 16.4. The van der Waals surface area contributed by atoms with Gasteiger partial charge in [-0.3, -0.25) is 0 Å². The Hall–Kier alpha value is -6.84. The van der Waals surface area contributed by atoms with Crippen LogP contribution in [-0.2, 0) is 5.41 Å². The van der Waals surface area contributed by atoms with Crippen molar-refractivity contribution in [3.63, 3.8) is 0 Å². The van der Waals surface area contributed by atoms with Gasteiger partial charge in [-0.1, -0.05) is 129 Å². The number of nitrogens with zero attached hydrogens (tertiary/aromatic N) is 1. The number of benzene rings is 8. The second-order valence-corrected chi connectivity index (χ2v) is 14.9. The molecule has 8 aromatic carbocycles. The summed E-state index contributed by atoms with van der Waals surface area (Å²) in [7, 11) is 0. The fourth-order valence-corrected chi connectivity index (χ4v) is 8.84. The van der Waals surface area contributed by atoms with E-state index in [0.717, 1.165) is 72.1 Å². The average molecular weight is 694 g/mol. The molecule has 0 radical (unpaired) electrons. The standard InChI is InChI=1S/C51H35NO2/c1-51(2)43-19-11-9-17-38(43)39-26-23-34(29-44(39)51)41-30-37(31-42-49-47(54-50(41)42)28-27-46-48(49)40-18-10-12-20-45(40)53-46)52(35-15-7-4-8-16-35)36-24-21-33(22-25-36)32-13-5-3-6-14-32/h3-31H,1-2H3. The van der Waals surface area contributed by atoms with Gasteiger partial charge in [0.15, 0.2) is 0 Å². The first kappa shape index (κ1) is 30.8. The molecule has 2 aromatic heterocycles. The predicted molar refractivity (Wildman–Crippen MR) is 224 cm³/mol. The fourth-order valence-electron chi connectivity index (χ4n) is 8.84. The van der Waals surface area contributed by atoms with Crippen LogP contribution in [0.25, 0.3) is 77.3 Å². The highest BCUT2D eigenvalue weighted by molar-refractivity contribution is 6.27. The largest absolute Gasteiger partial charge is 0.456 e. The molecule has 0 spiro atoms. The van der Waals surface area contributed by atoms with E-state index >= 15 is 0 Å². The highest BCUT2D eigenvalue weighted by Gasteiger charge is 2.35. The first-order chi connectivity index (χ1) is 26.5. The molecule has 0 unspecified atom stereocenters. The van der Waals surface area contributed by atoms with Gasteiger partial charge in [-0.15, -0.1) is 0 Å². The molecule has 10 aromatic rings. The molecule has 54 heavy (non-hydrogen) atoms. The molecular weight excluding hydrogens is 659 g/mol. The SMILES string of the molecule is CC1(C)c2ccccc2-c2ccc(-c3cc(N(c4ccccc4)c4ccc(-c5ccccc5)cc4)cc4c3oc3ccc5oc6ccccc6c5c34)cc21. The molecule has 0 atom stereocenters. The summed E-state index contributed by atoms with van der Waals surface area (Å²) < 4.78 is 13.4. The van der Waals surface area contributed by atoms with E-state index in [1.54, 1.807) is 0 Å². The highest BCUT2D eigenvalue weighted by atomic mass is 16.3. The zero-order valence-corrected chi connectivity index (χ0v) is 30.0. The maximum absolute atomic E-state index is 6.95. The smallest absolute Gasteiger partial charge is 0.143 e. The van der Waals surface area contributed by atoms with E-state index in [0.29, 0.717) is 0 Å². The Kier molecular flexibility index (Phi) is 6.60. The van der Waals surface area contributed by atoms with E-state index < -0.39 is 0 Å². The van der Waals surface area contributed by atoms with Gasteiger partial charge in [-0.25, -0.2) is 0 Å². The number of hydrogen-bond acceptors (Lipinski definition) is 3. The Morgan fingerprint density at radius 3 is 1.81 bits per heavy atom. The summed E-state index contributed by atoms with van der Waals surface area (Å²) >= 11 is 0. The number of furan rings is 2. The van der Waals surface area contributed by atoms with Crippen molar-refractivity contribution < 1.29 is 8.83 Å². The van der Waals surface area contributed by atoms with Crippen molar-refractivity contribution in [1.29, 1.82) is 0 Å². The Morgan fingerprint density at radius 2 is 1.00 bits per heavy atom. The van der Waals surface area contributed by atoms with Gasteiger partial charge in [-0.05, 0) is 99.6 Å². The van der Waals surface area contributed by atoms with Gasteiger partial charge in [0, 0.05) is 49.6 Å². The van der Waals surface area contributed by atoms with Gasteiger partial charge < -0.3 is 13.7 Å². The van der Waals surface area contributed by atoms with Crippen molar-refractivity contribution in [3.05, 3.63) is 187 Å². The van der Waals surface area contributed by atoms with E-state index in [4.69, 9.17) is 8.83 Å². The zero-order valence-electron chi connectivity index (χ0n) is 30.0. The number of fused-ring (bicyclic) bond motifs is 10. The molecular formula is C51H35NO2. The lowest BCUT2D eigenvalue weighted by molar-refractivity contribution is 0.660. The summed E-state index contributed by atoms with van der Waals surface area (Å²) in [5, 5.41) is 4.28. The van der Waals surface area contributed by atoms with Gasteiger partial charge >= 0.3 is 0 Å². The van der Waals surface area contributed by atoms with Gasteiger partial charge in [0.2, 0.25) is 0 Å². The maximum atomic E-state index is 6.95. The van der Waals surface area contributed by atoms with E-state index in [9.17, 15) is 0 Å². The van der Waals surface area contributed by atoms with Crippen LogP contribution in [0.15, 0.2) is 185 Å². The second-order valence-electron chi connectivity index (χ2n) is 14.9. The van der Waals surface area contributed by atoms with Crippen LogP contribution in [0, 0.1) is 0 Å². The van der Waals surface area contributed by atoms with Crippen molar-refractivity contribution in [2.75, 3.05) is 4.90 Å². The van der Waals surface area contributed by atoms with Crippen LogP contribution in [0.1, 0.15) is 25.0 Å². The Morgan fingerprint density at radius 1 is 0.389 bits per heavy atom. The molecule has 2 heterocycles. The van der Waals surface area contributed by atoms with Crippen molar-refractivity contribution in [2.24, 2.45) is 0 Å². The molecule has 3 heteroatoms. The van der Waals surface area contributed by atoms with Crippen LogP contribution < -0.4 is 4.90 Å². The van der Waals surface area contributed by atoms with Crippen LogP contribution in [0.4, 0.5) is 17.1 Å². The molecule has 0 saturated heterocycles. The van der Waals surface area contributed by atoms with Crippen molar-refractivity contribution in [1.82, 2.24) is 0 Å². The minimum atomic E-state index is -0.134. The number of anilines is 3. The first-order valence-electron chi connectivity index (χ1n) is 18.6. The zero-order chi connectivity index (χ0) is 36.0. The number of para-hydroxylation sites is 2. The Labute approximate surface area is 313 Å². The van der Waals surface area contributed by atoms with Crippen LogP contribution in [0.3, 0.4) is 0 Å². The normalized spacial score (nSPS) is 13.1. The Bertz CT molecular complexity index is 3060. The predicted octanol–water partition coefficient (Wildman–Crippen LogP) is 14.6. The van der Waals surface area contributed by atoms with Gasteiger partial charge in [0.1, 0.15) is 22.3 Å². The molecule has 3 nitrogen and oxygen atoms in total. The molecule has 1 aliphatic rings. The monoisotopic (exact) mass is 693 g/mol. The van der Waals surface area contributed by atoms with E-state index in [2.05, 4.69) is 176 Å². The third-order valence-corrected chi connectivity index (χ3v) is 11.5. The van der Waals surface area contributed by atoms with Crippen LogP contribution >= 0.6 is 0 Å². The lowest BCUT2D eigenvalue weighted by atomic mass is 9.81. The minimum Gasteiger partial charge on any atom is -0.456 e. The summed E-state index contributed by atoms with van der Waals surface area (Å²) in [5.74, 6) is 0. The first-order valence-corrected chi connectivity index (χ1v) is 18.6. The van der Waals surface area contributed by atoms with Gasteiger partial charge in [0.05, 0.1) is 0 Å². The summed E-state index contributed by atoms with van der Waals surface area (Å²) in [6, 6.07) is 62.9. The maximum Gasteiger partial charge on any atom is 0.143 e. The molecule has 0 saturated carbocycles. The third-order valence-electron chi connectivity index (χ3n) is 11.5. The van der Waals surface area contributed by atoms with Gasteiger partial charge in [0.25, 0.3) is 0 Å². The van der Waals surface area contributed by atoms with Gasteiger partial charge in [-0.2, -0.15) is 0 Å². The topological polar surface area (TPSA) is 29.5 Å². The molecule has 1 aliphatic carbocycles. The lowest BCUT2D eigenvalue weighted by Crippen LogP contribution is -2.14. The van der Waals surface area contributed by atoms with Crippen LogP contribution in [0.5, 0.6) is 0 Å². The lowest BCUT2D eigenvalue weighted by Gasteiger charge is -2.26. The summed E-state index contributed by atoms with van der Waals surface area (Å²) in [6.07, 6.45) is 0. The van der Waals surface area contributed by atoms with Crippen molar-refractivity contribution >= 4 is 60.9 Å². The summed E-state index contributed by atoms with van der Waals surface area (Å²) in [6.45, 7) is 4.68. The summed E-state index contributed by atoms with van der Waals surface area (Å²) in [4.78, 5) is 2.36. The average Bonchev–Trinajstić information content (AvgIpc) is 3.86. The molecule has 0 aliphatic heterocycles. The second kappa shape index (κ2) is 11.6. The van der Waals surface area contributed by atoms with E-state index in [1.807, 2.05) is 18.2 Å². The molecule has 256 valence electrons. The minimum absolute atomic E-state index is 0.134. The van der Waals surface area contributed by atoms with Crippen molar-refractivity contribution in [2.45, 2.75) is 19.3 Å².